The van der Waals surface area contributed by atoms with E-state index in [0.29, 0.717) is 11.8 Å². The number of nitrogens with zero attached hydrogens (tertiary/aromatic N) is 2. The van der Waals surface area contributed by atoms with Crippen LogP contribution < -0.4 is 10.2 Å². The molecule has 0 radical (unpaired) electrons. The van der Waals surface area contributed by atoms with Gasteiger partial charge in [0.1, 0.15) is 0 Å². The Hall–Kier alpha value is -3.66. The number of aryl methyl sites for hydroxylation is 2. The summed E-state index contributed by atoms with van der Waals surface area (Å²) in [7, 11) is 6.33. The number of benzene rings is 4. The molecule has 4 aromatic carbocycles. The number of nitrogens with one attached hydrogen (secondary N) is 1. The molecule has 1 N–H and O–H groups in total. The van der Waals surface area contributed by atoms with E-state index >= 15 is 0 Å². The van der Waals surface area contributed by atoms with Crippen molar-refractivity contribution in [2.24, 2.45) is 5.92 Å². The summed E-state index contributed by atoms with van der Waals surface area (Å²) < 4.78 is 0. The van der Waals surface area contributed by atoms with E-state index in [0.717, 1.165) is 32.5 Å². The quantitative estimate of drug-likeness (QED) is 0.219. The minimum absolute atomic E-state index is 0.505. The van der Waals surface area contributed by atoms with Crippen LogP contribution in [0.15, 0.2) is 97.1 Å². The van der Waals surface area contributed by atoms with Crippen LogP contribution in [0.2, 0.25) is 0 Å². The molecule has 42 heavy (non-hydrogen) atoms. The normalized spacial score (nSPS) is 14.5. The lowest BCUT2D eigenvalue weighted by Gasteiger charge is -2.30. The smallest absolute Gasteiger partial charge is 0.0443 e. The van der Waals surface area contributed by atoms with Crippen LogP contribution >= 0.6 is 0 Å². The highest BCUT2D eigenvalue weighted by Gasteiger charge is 2.22. The van der Waals surface area contributed by atoms with Crippen molar-refractivity contribution >= 4 is 23.5 Å². The van der Waals surface area contributed by atoms with E-state index in [1.807, 2.05) is 7.05 Å². The van der Waals surface area contributed by atoms with E-state index in [-0.39, 0.29) is 0 Å². The molecule has 0 spiro atoms. The fraction of sp³-hybridized carbons (Fsp3) is 0.333. The van der Waals surface area contributed by atoms with Gasteiger partial charge in [0, 0.05) is 30.4 Å². The predicted octanol–water partition coefficient (Wildman–Crippen LogP) is 8.42. The lowest BCUT2D eigenvalue weighted by atomic mass is 9.84. The first-order chi connectivity index (χ1) is 20.5. The van der Waals surface area contributed by atoms with Crippen molar-refractivity contribution in [1.29, 1.82) is 0 Å². The van der Waals surface area contributed by atoms with E-state index < -0.39 is 0 Å². The molecule has 0 saturated heterocycles. The van der Waals surface area contributed by atoms with Gasteiger partial charge in [0.2, 0.25) is 0 Å². The predicted molar refractivity (Wildman–Crippen MR) is 182 cm³/mol. The monoisotopic (exact) mass is 557 g/mol. The summed E-state index contributed by atoms with van der Waals surface area (Å²) in [5.74, 6) is 1.12. The maximum atomic E-state index is 3.26. The zero-order valence-corrected chi connectivity index (χ0v) is 25.9. The van der Waals surface area contributed by atoms with Crippen molar-refractivity contribution in [3.63, 3.8) is 0 Å². The number of rotatable bonds is 8. The number of hydrogen-bond acceptors (Lipinski definition) is 3. The summed E-state index contributed by atoms with van der Waals surface area (Å²) in [5, 5.41) is 3.26. The van der Waals surface area contributed by atoms with Crippen LogP contribution in [0.5, 0.6) is 0 Å². The SMILES string of the molecule is CC(CN(C)C)CN1c2ccccc2CCc2ccccc21.CNCCCC1c2ccccc2C=Cc2ccccc21. The highest BCUT2D eigenvalue weighted by molar-refractivity contribution is 5.76. The molecule has 3 nitrogen and oxygen atoms in total. The summed E-state index contributed by atoms with van der Waals surface area (Å²) in [4.78, 5) is 4.81. The van der Waals surface area contributed by atoms with Crippen LogP contribution in [-0.4, -0.2) is 45.7 Å². The molecule has 0 bridgehead atoms. The largest absolute Gasteiger partial charge is 0.341 e. The molecule has 3 heteroatoms. The molecule has 1 atom stereocenters. The molecule has 1 unspecified atom stereocenters. The molecule has 4 aromatic rings. The number of anilines is 2. The Morgan fingerprint density at radius 2 is 1.24 bits per heavy atom. The van der Waals surface area contributed by atoms with Gasteiger partial charge in [-0.25, -0.2) is 0 Å². The molecule has 1 aliphatic carbocycles. The third-order valence-electron chi connectivity index (χ3n) is 8.50. The molecular formula is C39H47N3. The van der Waals surface area contributed by atoms with Crippen molar-refractivity contribution in [3.8, 4) is 0 Å². The molecule has 1 heterocycles. The van der Waals surface area contributed by atoms with Crippen molar-refractivity contribution in [1.82, 2.24) is 10.2 Å². The Balaban J connectivity index is 0.000000169. The van der Waals surface area contributed by atoms with E-state index in [1.165, 1.54) is 57.6 Å². The Bertz CT molecular complexity index is 1370. The second-order valence-corrected chi connectivity index (χ2v) is 12.1. The Morgan fingerprint density at radius 1 is 0.738 bits per heavy atom. The Morgan fingerprint density at radius 3 is 1.76 bits per heavy atom. The van der Waals surface area contributed by atoms with Crippen molar-refractivity contribution < 1.29 is 0 Å². The maximum absolute atomic E-state index is 3.26. The summed E-state index contributed by atoms with van der Waals surface area (Å²) in [6, 6.07) is 35.4. The van der Waals surface area contributed by atoms with Crippen LogP contribution in [-0.2, 0) is 12.8 Å². The Labute approximate surface area is 253 Å². The number of fused-ring (bicyclic) bond motifs is 4. The fourth-order valence-corrected chi connectivity index (χ4v) is 6.66. The first-order valence-corrected chi connectivity index (χ1v) is 15.6. The van der Waals surface area contributed by atoms with E-state index in [1.54, 1.807) is 0 Å². The summed E-state index contributed by atoms with van der Waals surface area (Å²) in [5.41, 5.74) is 11.4. The van der Waals surface area contributed by atoms with Gasteiger partial charge in [-0.2, -0.15) is 0 Å². The summed E-state index contributed by atoms with van der Waals surface area (Å²) >= 11 is 0. The average molecular weight is 558 g/mol. The van der Waals surface area contributed by atoms with Crippen LogP contribution in [0.3, 0.4) is 0 Å². The van der Waals surface area contributed by atoms with Crippen molar-refractivity contribution in [2.45, 2.75) is 38.5 Å². The Kier molecular flexibility index (Phi) is 10.3. The van der Waals surface area contributed by atoms with Gasteiger partial charge in [0.25, 0.3) is 0 Å². The first-order valence-electron chi connectivity index (χ1n) is 15.6. The third-order valence-corrected chi connectivity index (χ3v) is 8.50. The van der Waals surface area contributed by atoms with Crippen LogP contribution in [0.4, 0.5) is 11.4 Å². The van der Waals surface area contributed by atoms with Gasteiger partial charge in [-0.3, -0.25) is 0 Å². The first kappa shape index (κ1) is 29.8. The lowest BCUT2D eigenvalue weighted by molar-refractivity contribution is 0.343. The third kappa shape index (κ3) is 7.21. The van der Waals surface area contributed by atoms with Crippen LogP contribution in [0.1, 0.15) is 59.1 Å². The molecular weight excluding hydrogens is 510 g/mol. The molecule has 0 saturated carbocycles. The summed E-state index contributed by atoms with van der Waals surface area (Å²) in [6.07, 6.45) is 9.16. The zero-order valence-electron chi connectivity index (χ0n) is 25.9. The van der Waals surface area contributed by atoms with Crippen molar-refractivity contribution in [2.75, 3.05) is 45.7 Å². The zero-order chi connectivity index (χ0) is 29.3. The molecule has 0 amide bonds. The van der Waals surface area contributed by atoms with Gasteiger partial charge in [-0.1, -0.05) is 104 Å². The maximum Gasteiger partial charge on any atom is 0.0443 e. The minimum Gasteiger partial charge on any atom is -0.341 e. The molecule has 218 valence electrons. The van der Waals surface area contributed by atoms with Gasteiger partial charge in [0.05, 0.1) is 0 Å². The lowest BCUT2D eigenvalue weighted by Crippen LogP contribution is -2.30. The second-order valence-electron chi connectivity index (χ2n) is 12.1. The van der Waals surface area contributed by atoms with Crippen molar-refractivity contribution in [3.05, 3.63) is 130 Å². The van der Waals surface area contributed by atoms with Gasteiger partial charge in [-0.15, -0.1) is 0 Å². The van der Waals surface area contributed by atoms with Gasteiger partial charge in [0.15, 0.2) is 0 Å². The molecule has 6 rings (SSSR count). The average Bonchev–Trinajstić information content (AvgIpc) is 3.26. The highest BCUT2D eigenvalue weighted by Crippen LogP contribution is 2.38. The molecule has 2 aliphatic rings. The molecule has 0 fully saturated rings. The van der Waals surface area contributed by atoms with E-state index in [9.17, 15) is 0 Å². The van der Waals surface area contributed by atoms with E-state index in [2.05, 4.69) is 145 Å². The van der Waals surface area contributed by atoms with Gasteiger partial charge >= 0.3 is 0 Å². The highest BCUT2D eigenvalue weighted by atomic mass is 15.2. The number of hydrogen-bond donors (Lipinski definition) is 1. The van der Waals surface area contributed by atoms with Gasteiger partial charge < -0.3 is 15.1 Å². The van der Waals surface area contributed by atoms with Gasteiger partial charge in [-0.05, 0) is 105 Å². The van der Waals surface area contributed by atoms with Crippen LogP contribution in [0, 0.1) is 5.92 Å². The second kappa shape index (κ2) is 14.5. The summed E-state index contributed by atoms with van der Waals surface area (Å²) in [6.45, 7) is 5.59. The standard InChI is InChI=1S/C20H26N2.C19H21N/c1-16(14-21(2)3)15-22-19-10-6-4-8-17(19)12-13-18-9-5-7-11-20(18)22;1-20-14-6-11-19-17-9-4-2-7-15(17)12-13-16-8-3-5-10-18(16)19/h4-11,16H,12-15H2,1-3H3;2-5,7-10,12-13,19-20H,6,11,14H2,1H3. The van der Waals surface area contributed by atoms with E-state index in [4.69, 9.17) is 0 Å². The fourth-order valence-electron chi connectivity index (χ4n) is 6.66. The topological polar surface area (TPSA) is 18.5 Å². The minimum atomic E-state index is 0.505. The van der Waals surface area contributed by atoms with Crippen LogP contribution in [0.25, 0.3) is 12.2 Å². The number of para-hydroxylation sites is 2. The molecule has 1 aliphatic heterocycles. The molecule has 0 aromatic heterocycles.